The molecule has 1 aromatic carbocycles. The van der Waals surface area contributed by atoms with E-state index in [-0.39, 0.29) is 18.6 Å². The predicted molar refractivity (Wildman–Crippen MR) is 97.6 cm³/mol. The third kappa shape index (κ3) is 3.91. The van der Waals surface area contributed by atoms with Crippen LogP contribution in [-0.2, 0) is 16.0 Å². The Bertz CT molecular complexity index is 987. The fourth-order valence-electron chi connectivity index (χ4n) is 2.48. The number of aromatic nitrogens is 2. The van der Waals surface area contributed by atoms with Crippen molar-refractivity contribution in [2.45, 2.75) is 13.3 Å². The third-order valence-corrected chi connectivity index (χ3v) is 4.06. The van der Waals surface area contributed by atoms with Crippen molar-refractivity contribution in [2.75, 3.05) is 11.9 Å². The van der Waals surface area contributed by atoms with Crippen LogP contribution in [-0.4, -0.2) is 27.9 Å². The van der Waals surface area contributed by atoms with Crippen LogP contribution in [0, 0.1) is 5.82 Å². The Morgan fingerprint density at radius 2 is 2.12 bits per heavy atom. The Labute approximate surface area is 157 Å². The maximum absolute atomic E-state index is 13.4. The average molecular weight is 420 g/mol. The summed E-state index contributed by atoms with van der Waals surface area (Å²) in [5, 5.41) is 2.72. The fraction of sp³-hybridized carbons (Fsp3) is 0.167. The number of hydrogen-bond acceptors (Lipinski definition) is 4. The van der Waals surface area contributed by atoms with Crippen LogP contribution < -0.4 is 5.32 Å². The van der Waals surface area contributed by atoms with Crippen LogP contribution in [0.3, 0.4) is 0 Å². The van der Waals surface area contributed by atoms with Crippen LogP contribution in [0.25, 0.3) is 5.65 Å². The van der Waals surface area contributed by atoms with Gasteiger partial charge in [0.25, 0.3) is 5.91 Å². The van der Waals surface area contributed by atoms with Gasteiger partial charge in [-0.25, -0.2) is 9.37 Å². The second-order valence-corrected chi connectivity index (χ2v) is 6.34. The van der Waals surface area contributed by atoms with Gasteiger partial charge in [0, 0.05) is 16.2 Å². The zero-order chi connectivity index (χ0) is 18.7. The number of benzene rings is 1. The van der Waals surface area contributed by atoms with E-state index in [9.17, 15) is 14.0 Å². The largest absolute Gasteiger partial charge is 0.466 e. The van der Waals surface area contributed by atoms with Crippen molar-refractivity contribution in [2.24, 2.45) is 0 Å². The first kappa shape index (κ1) is 18.1. The number of carbonyl (C=O) groups excluding carboxylic acids is 2. The Hall–Kier alpha value is -2.74. The summed E-state index contributed by atoms with van der Waals surface area (Å²) >= 11 is 3.37. The second-order valence-electron chi connectivity index (χ2n) is 5.43. The zero-order valence-electron chi connectivity index (χ0n) is 13.8. The number of pyridine rings is 1. The number of esters is 1. The van der Waals surface area contributed by atoms with E-state index in [0.717, 1.165) is 10.5 Å². The number of carbonyl (C=O) groups is 2. The molecule has 1 N–H and O–H groups in total. The summed E-state index contributed by atoms with van der Waals surface area (Å²) in [5.74, 6) is -1.12. The molecule has 0 atom stereocenters. The monoisotopic (exact) mass is 419 g/mol. The first-order valence-electron chi connectivity index (χ1n) is 7.87. The summed E-state index contributed by atoms with van der Waals surface area (Å²) in [6, 6.07) is 8.90. The smallest absolute Gasteiger partial charge is 0.312 e. The molecule has 0 radical (unpaired) electrons. The zero-order valence-corrected chi connectivity index (χ0v) is 15.4. The molecule has 2 aromatic heterocycles. The minimum absolute atomic E-state index is 0.0914. The number of amides is 1. The number of ether oxygens (including phenoxy) is 1. The van der Waals surface area contributed by atoms with Crippen molar-refractivity contribution in [3.05, 3.63) is 64.1 Å². The highest BCUT2D eigenvalue weighted by Gasteiger charge is 2.19. The van der Waals surface area contributed by atoms with Gasteiger partial charge in [0.05, 0.1) is 18.7 Å². The van der Waals surface area contributed by atoms with Crippen LogP contribution in [0.1, 0.15) is 23.0 Å². The third-order valence-electron chi connectivity index (χ3n) is 3.59. The molecule has 6 nitrogen and oxygen atoms in total. The SMILES string of the molecule is CCOC(=O)Cc1nc2ccc(Br)cn2c1NC(=O)c1cccc(F)c1. The molecular weight excluding hydrogens is 405 g/mol. The molecule has 0 saturated carbocycles. The molecule has 1 amide bonds. The van der Waals surface area contributed by atoms with Gasteiger partial charge in [-0.05, 0) is 53.2 Å². The highest BCUT2D eigenvalue weighted by atomic mass is 79.9. The number of halogens is 2. The minimum Gasteiger partial charge on any atom is -0.466 e. The van der Waals surface area contributed by atoms with E-state index in [4.69, 9.17) is 4.74 Å². The normalized spacial score (nSPS) is 10.7. The Morgan fingerprint density at radius 1 is 1.31 bits per heavy atom. The average Bonchev–Trinajstić information content (AvgIpc) is 2.92. The molecule has 0 aliphatic heterocycles. The van der Waals surface area contributed by atoms with Gasteiger partial charge in [0.2, 0.25) is 0 Å². The van der Waals surface area contributed by atoms with E-state index in [2.05, 4.69) is 26.2 Å². The van der Waals surface area contributed by atoms with Crippen molar-refractivity contribution in [1.29, 1.82) is 0 Å². The maximum atomic E-state index is 13.4. The molecule has 26 heavy (non-hydrogen) atoms. The molecule has 8 heteroatoms. The van der Waals surface area contributed by atoms with Crippen LogP contribution in [0.4, 0.5) is 10.2 Å². The van der Waals surface area contributed by atoms with Gasteiger partial charge in [0.1, 0.15) is 17.3 Å². The molecule has 0 bridgehead atoms. The Morgan fingerprint density at radius 3 is 2.85 bits per heavy atom. The van der Waals surface area contributed by atoms with E-state index in [1.807, 2.05) is 0 Å². The second kappa shape index (κ2) is 7.65. The first-order chi connectivity index (χ1) is 12.5. The predicted octanol–water partition coefficient (Wildman–Crippen LogP) is 3.59. The van der Waals surface area contributed by atoms with E-state index in [0.29, 0.717) is 17.2 Å². The molecule has 3 aromatic rings. The number of rotatable bonds is 5. The van der Waals surface area contributed by atoms with Crippen molar-refractivity contribution >= 4 is 39.3 Å². The van der Waals surface area contributed by atoms with Crippen LogP contribution in [0.5, 0.6) is 0 Å². The molecule has 0 fully saturated rings. The quantitative estimate of drug-likeness (QED) is 0.641. The molecule has 0 unspecified atom stereocenters. The summed E-state index contributed by atoms with van der Waals surface area (Å²) in [6.07, 6.45) is 1.63. The minimum atomic E-state index is -0.509. The highest BCUT2D eigenvalue weighted by Crippen LogP contribution is 2.23. The number of fused-ring (bicyclic) bond motifs is 1. The number of nitrogens with one attached hydrogen (secondary N) is 1. The van der Waals surface area contributed by atoms with E-state index < -0.39 is 17.7 Å². The molecule has 3 rings (SSSR count). The number of anilines is 1. The lowest BCUT2D eigenvalue weighted by atomic mass is 10.2. The molecule has 0 spiro atoms. The van der Waals surface area contributed by atoms with Gasteiger partial charge in [-0.15, -0.1) is 0 Å². The Kier molecular flexibility index (Phi) is 5.32. The summed E-state index contributed by atoms with van der Waals surface area (Å²) in [6.45, 7) is 1.97. The van der Waals surface area contributed by atoms with Gasteiger partial charge in [-0.2, -0.15) is 0 Å². The highest BCUT2D eigenvalue weighted by molar-refractivity contribution is 9.10. The summed E-state index contributed by atoms with van der Waals surface area (Å²) in [4.78, 5) is 28.8. The molecular formula is C18H15BrFN3O3. The van der Waals surface area contributed by atoms with Crippen molar-refractivity contribution < 1.29 is 18.7 Å². The van der Waals surface area contributed by atoms with Crippen molar-refractivity contribution in [3.63, 3.8) is 0 Å². The van der Waals surface area contributed by atoms with Crippen molar-refractivity contribution in [1.82, 2.24) is 9.38 Å². The fourth-order valence-corrected chi connectivity index (χ4v) is 2.82. The number of imidazole rings is 1. The van der Waals surface area contributed by atoms with Crippen LogP contribution >= 0.6 is 15.9 Å². The van der Waals surface area contributed by atoms with Crippen LogP contribution in [0.15, 0.2) is 47.1 Å². The standard InChI is InChI=1S/C18H15BrFN3O3/c1-2-26-16(24)9-14-17(23-10-12(19)6-7-15(23)21-14)22-18(25)11-4-3-5-13(20)8-11/h3-8,10H,2,9H2,1H3,(H,22,25). The van der Waals surface area contributed by atoms with Crippen molar-refractivity contribution in [3.8, 4) is 0 Å². The lowest BCUT2D eigenvalue weighted by molar-refractivity contribution is -0.142. The van der Waals surface area contributed by atoms with Gasteiger partial charge in [-0.1, -0.05) is 6.07 Å². The first-order valence-corrected chi connectivity index (χ1v) is 8.66. The van der Waals surface area contributed by atoms with Gasteiger partial charge in [0.15, 0.2) is 0 Å². The van der Waals surface area contributed by atoms with Gasteiger partial charge in [-0.3, -0.25) is 14.0 Å². The van der Waals surface area contributed by atoms with E-state index >= 15 is 0 Å². The molecule has 0 aliphatic rings. The summed E-state index contributed by atoms with van der Waals surface area (Å²) in [5.41, 5.74) is 1.09. The van der Waals surface area contributed by atoms with Crippen LogP contribution in [0.2, 0.25) is 0 Å². The number of hydrogen-bond donors (Lipinski definition) is 1. The maximum Gasteiger partial charge on any atom is 0.312 e. The van der Waals surface area contributed by atoms with E-state index in [1.54, 1.807) is 29.7 Å². The summed E-state index contributed by atoms with van der Waals surface area (Å²) in [7, 11) is 0. The lowest BCUT2D eigenvalue weighted by Crippen LogP contribution is -2.16. The lowest BCUT2D eigenvalue weighted by Gasteiger charge is -2.08. The molecule has 0 saturated heterocycles. The molecule has 2 heterocycles. The molecule has 0 aliphatic carbocycles. The topological polar surface area (TPSA) is 72.7 Å². The van der Waals surface area contributed by atoms with E-state index in [1.165, 1.54) is 18.2 Å². The van der Waals surface area contributed by atoms with Gasteiger partial charge >= 0.3 is 5.97 Å². The Balaban J connectivity index is 2.00. The summed E-state index contributed by atoms with van der Waals surface area (Å²) < 4.78 is 20.8. The number of nitrogens with zero attached hydrogens (tertiary/aromatic N) is 2. The van der Waals surface area contributed by atoms with Gasteiger partial charge < -0.3 is 10.1 Å². The molecule has 134 valence electrons.